The summed E-state index contributed by atoms with van der Waals surface area (Å²) in [5.74, 6) is 1.13. The maximum absolute atomic E-state index is 9.07. The summed E-state index contributed by atoms with van der Waals surface area (Å²) < 4.78 is 3.64. The van der Waals surface area contributed by atoms with E-state index in [1.54, 1.807) is 12.4 Å². The van der Waals surface area contributed by atoms with Crippen LogP contribution in [-0.4, -0.2) is 24.3 Å². The number of nitrogen functional groups attached to an aromatic ring is 1. The number of nitrogens with zero attached hydrogens (tertiary/aromatic N) is 6. The van der Waals surface area contributed by atoms with Crippen LogP contribution in [0.3, 0.4) is 0 Å². The fourth-order valence-corrected chi connectivity index (χ4v) is 2.01. The summed E-state index contributed by atoms with van der Waals surface area (Å²) in [6, 6.07) is 7.54. The Morgan fingerprint density at radius 3 is 2.95 bits per heavy atom. The van der Waals surface area contributed by atoms with E-state index in [2.05, 4.69) is 21.3 Å². The monoisotopic (exact) mass is 253 g/mol. The maximum Gasteiger partial charge on any atom is 0.201 e. The number of aryl methyl sites for hydroxylation is 1. The van der Waals surface area contributed by atoms with Gasteiger partial charge in [-0.3, -0.25) is 0 Å². The Balaban J connectivity index is 2.17. The molecule has 0 unspecified atom stereocenters. The molecule has 0 aliphatic carbocycles. The van der Waals surface area contributed by atoms with Gasteiger partial charge in [0.2, 0.25) is 5.95 Å². The highest BCUT2D eigenvalue weighted by Crippen LogP contribution is 2.21. The molecule has 0 aliphatic rings. The molecule has 3 aromatic rings. The molecule has 94 valence electrons. The molecule has 2 aromatic heterocycles. The Bertz CT molecular complexity index is 790. The Hall–Kier alpha value is -2.88. The first-order valence-electron chi connectivity index (χ1n) is 5.68. The molecular formula is C12H11N7. The number of fused-ring (bicyclic) bond motifs is 1. The second kappa shape index (κ2) is 4.10. The predicted octanol–water partition coefficient (Wildman–Crippen LogP) is 0.667. The van der Waals surface area contributed by atoms with Crippen LogP contribution in [0.5, 0.6) is 0 Å². The van der Waals surface area contributed by atoms with E-state index in [1.165, 1.54) is 0 Å². The highest BCUT2D eigenvalue weighted by Gasteiger charge is 2.13. The quantitative estimate of drug-likeness (QED) is 0.723. The zero-order valence-electron chi connectivity index (χ0n) is 10.3. The van der Waals surface area contributed by atoms with Crippen LogP contribution in [0.15, 0.2) is 24.5 Å². The number of hydrogen-bond acceptors (Lipinski definition) is 5. The largest absolute Gasteiger partial charge is 0.369 e. The zero-order chi connectivity index (χ0) is 13.4. The Kier molecular flexibility index (Phi) is 2.42. The van der Waals surface area contributed by atoms with Gasteiger partial charge in [-0.25, -0.2) is 4.98 Å². The number of aromatic nitrogens is 5. The fourth-order valence-electron chi connectivity index (χ4n) is 2.01. The van der Waals surface area contributed by atoms with E-state index in [-0.39, 0.29) is 0 Å². The molecule has 0 saturated heterocycles. The third-order valence-electron chi connectivity index (χ3n) is 3.03. The highest BCUT2D eigenvalue weighted by molar-refractivity contribution is 5.84. The van der Waals surface area contributed by atoms with Gasteiger partial charge < -0.3 is 14.9 Å². The Morgan fingerprint density at radius 1 is 1.42 bits per heavy atom. The molecular weight excluding hydrogens is 242 g/mol. The molecule has 1 aromatic carbocycles. The van der Waals surface area contributed by atoms with Crippen molar-refractivity contribution < 1.29 is 0 Å². The molecule has 0 atom stereocenters. The van der Waals surface area contributed by atoms with E-state index < -0.39 is 0 Å². The van der Waals surface area contributed by atoms with Gasteiger partial charge in [-0.1, -0.05) is 6.07 Å². The molecule has 0 amide bonds. The second-order valence-corrected chi connectivity index (χ2v) is 4.20. The molecule has 0 bridgehead atoms. The smallest absolute Gasteiger partial charge is 0.201 e. The summed E-state index contributed by atoms with van der Waals surface area (Å²) in [6.45, 7) is 0.466. The fraction of sp³-hybridized carbons (Fsp3) is 0.167. The van der Waals surface area contributed by atoms with Crippen LogP contribution in [0, 0.1) is 11.3 Å². The lowest BCUT2D eigenvalue weighted by Crippen LogP contribution is -2.08. The SMILES string of the molecule is Cn1cnnc1Cn1c(N)nc2c(C#N)cccc21. The first-order chi connectivity index (χ1) is 9.20. The number of imidazole rings is 1. The third kappa shape index (κ3) is 1.70. The van der Waals surface area contributed by atoms with Crippen molar-refractivity contribution in [1.29, 1.82) is 5.26 Å². The molecule has 0 aliphatic heterocycles. The first kappa shape index (κ1) is 11.2. The molecule has 0 spiro atoms. The van der Waals surface area contributed by atoms with Gasteiger partial charge in [0.1, 0.15) is 17.9 Å². The van der Waals surface area contributed by atoms with Gasteiger partial charge in [0.15, 0.2) is 5.82 Å². The van der Waals surface area contributed by atoms with E-state index in [4.69, 9.17) is 11.0 Å². The number of rotatable bonds is 2. The molecule has 0 radical (unpaired) electrons. The Morgan fingerprint density at radius 2 is 2.26 bits per heavy atom. The van der Waals surface area contributed by atoms with Gasteiger partial charge in [0, 0.05) is 7.05 Å². The van der Waals surface area contributed by atoms with Crippen molar-refractivity contribution in [1.82, 2.24) is 24.3 Å². The average molecular weight is 253 g/mol. The van der Waals surface area contributed by atoms with Crippen molar-refractivity contribution in [3.05, 3.63) is 35.9 Å². The summed E-state index contributed by atoms with van der Waals surface area (Å²) in [5.41, 5.74) is 7.88. The van der Waals surface area contributed by atoms with Crippen LogP contribution < -0.4 is 5.73 Å². The molecule has 2 heterocycles. The van der Waals surface area contributed by atoms with Crippen LogP contribution in [0.25, 0.3) is 11.0 Å². The Labute approximate surface area is 108 Å². The summed E-state index contributed by atoms with van der Waals surface area (Å²) in [6.07, 6.45) is 1.63. The van der Waals surface area contributed by atoms with Gasteiger partial charge in [-0.2, -0.15) is 5.26 Å². The molecule has 7 heteroatoms. The minimum absolute atomic E-state index is 0.362. The van der Waals surface area contributed by atoms with Crippen LogP contribution >= 0.6 is 0 Å². The minimum Gasteiger partial charge on any atom is -0.369 e. The van der Waals surface area contributed by atoms with Crippen molar-refractivity contribution in [2.75, 3.05) is 5.73 Å². The lowest BCUT2D eigenvalue weighted by Gasteiger charge is -2.05. The van der Waals surface area contributed by atoms with Crippen molar-refractivity contribution in [3.63, 3.8) is 0 Å². The third-order valence-corrected chi connectivity index (χ3v) is 3.03. The van der Waals surface area contributed by atoms with Crippen molar-refractivity contribution in [2.24, 2.45) is 7.05 Å². The summed E-state index contributed by atoms with van der Waals surface area (Å²) in [5, 5.41) is 16.9. The predicted molar refractivity (Wildman–Crippen MR) is 69.0 cm³/mol. The van der Waals surface area contributed by atoms with E-state index >= 15 is 0 Å². The van der Waals surface area contributed by atoms with Gasteiger partial charge in [0.05, 0.1) is 17.6 Å². The number of benzene rings is 1. The molecule has 7 nitrogen and oxygen atoms in total. The average Bonchev–Trinajstić information content (AvgIpc) is 2.95. The number of hydrogen-bond donors (Lipinski definition) is 1. The normalized spacial score (nSPS) is 10.7. The number of anilines is 1. The van der Waals surface area contributed by atoms with Gasteiger partial charge in [0.25, 0.3) is 0 Å². The van der Waals surface area contributed by atoms with Crippen molar-refractivity contribution in [2.45, 2.75) is 6.54 Å². The lowest BCUT2D eigenvalue weighted by atomic mass is 10.2. The summed E-state index contributed by atoms with van der Waals surface area (Å²) >= 11 is 0. The summed E-state index contributed by atoms with van der Waals surface area (Å²) in [7, 11) is 1.87. The van der Waals surface area contributed by atoms with Gasteiger partial charge in [-0.15, -0.1) is 10.2 Å². The van der Waals surface area contributed by atoms with E-state index in [0.29, 0.717) is 23.6 Å². The summed E-state index contributed by atoms with van der Waals surface area (Å²) in [4.78, 5) is 4.25. The van der Waals surface area contributed by atoms with Crippen LogP contribution in [0.4, 0.5) is 5.95 Å². The molecule has 3 rings (SSSR count). The zero-order valence-corrected chi connectivity index (χ0v) is 10.3. The highest BCUT2D eigenvalue weighted by atomic mass is 15.3. The van der Waals surface area contributed by atoms with E-state index in [9.17, 15) is 0 Å². The van der Waals surface area contributed by atoms with Crippen molar-refractivity contribution >= 4 is 17.0 Å². The molecule has 2 N–H and O–H groups in total. The second-order valence-electron chi connectivity index (χ2n) is 4.20. The van der Waals surface area contributed by atoms with Crippen LogP contribution in [0.2, 0.25) is 0 Å². The number of para-hydroxylation sites is 1. The van der Waals surface area contributed by atoms with E-state index in [1.807, 2.05) is 28.3 Å². The van der Waals surface area contributed by atoms with E-state index in [0.717, 1.165) is 11.3 Å². The molecule has 0 saturated carbocycles. The standard InChI is InChI=1S/C12H11N7/c1-18-7-15-17-10(18)6-19-9-4-2-3-8(5-13)11(9)16-12(19)14/h2-4,7H,6H2,1H3,(H2,14,16). The number of nitrogens with two attached hydrogens (primary N) is 1. The lowest BCUT2D eigenvalue weighted by molar-refractivity contribution is 0.718. The number of nitriles is 1. The van der Waals surface area contributed by atoms with Gasteiger partial charge >= 0.3 is 0 Å². The molecule has 19 heavy (non-hydrogen) atoms. The minimum atomic E-state index is 0.362. The maximum atomic E-state index is 9.07. The van der Waals surface area contributed by atoms with Crippen LogP contribution in [-0.2, 0) is 13.6 Å². The molecule has 0 fully saturated rings. The van der Waals surface area contributed by atoms with Crippen molar-refractivity contribution in [3.8, 4) is 6.07 Å². The van der Waals surface area contributed by atoms with Gasteiger partial charge in [-0.05, 0) is 12.1 Å². The topological polar surface area (TPSA) is 98.3 Å². The van der Waals surface area contributed by atoms with Crippen LogP contribution in [0.1, 0.15) is 11.4 Å². The first-order valence-corrected chi connectivity index (χ1v) is 5.68.